The minimum atomic E-state index is 0.647. The van der Waals surface area contributed by atoms with Crippen molar-refractivity contribution in [2.45, 2.75) is 13.8 Å². The van der Waals surface area contributed by atoms with Gasteiger partial charge in [0.2, 0.25) is 0 Å². The predicted molar refractivity (Wildman–Crippen MR) is 44.3 cm³/mol. The molecule has 0 saturated heterocycles. The molecule has 1 heteroatoms. The highest BCUT2D eigenvalue weighted by Crippen LogP contribution is 2.12. The SMILES string of the molecule is C=[N+]1C=CC=C(C(C)C)C1. The van der Waals surface area contributed by atoms with Crippen LogP contribution in [0.5, 0.6) is 0 Å². The lowest BCUT2D eigenvalue weighted by Crippen LogP contribution is -2.12. The van der Waals surface area contributed by atoms with E-state index in [9.17, 15) is 0 Å². The Morgan fingerprint density at radius 2 is 2.30 bits per heavy atom. The molecule has 0 N–H and O–H groups in total. The van der Waals surface area contributed by atoms with Crippen LogP contribution in [0.4, 0.5) is 0 Å². The monoisotopic (exact) mass is 136 g/mol. The molecule has 1 aliphatic heterocycles. The number of rotatable bonds is 1. The third kappa shape index (κ3) is 1.56. The van der Waals surface area contributed by atoms with Gasteiger partial charge in [0.05, 0.1) is 0 Å². The van der Waals surface area contributed by atoms with E-state index in [0.717, 1.165) is 6.54 Å². The highest BCUT2D eigenvalue weighted by atomic mass is 15.0. The molecule has 0 atom stereocenters. The summed E-state index contributed by atoms with van der Waals surface area (Å²) in [6, 6.07) is 0. The number of nitrogens with zero attached hydrogens (tertiary/aromatic N) is 1. The van der Waals surface area contributed by atoms with Gasteiger partial charge in [0.15, 0.2) is 12.7 Å². The molecule has 0 radical (unpaired) electrons. The minimum Gasteiger partial charge on any atom is -0.208 e. The quantitative estimate of drug-likeness (QED) is 0.484. The number of hydrogen-bond donors (Lipinski definition) is 0. The van der Waals surface area contributed by atoms with Gasteiger partial charge in [-0.15, -0.1) is 0 Å². The van der Waals surface area contributed by atoms with Gasteiger partial charge in [0, 0.05) is 6.08 Å². The van der Waals surface area contributed by atoms with Gasteiger partial charge in [-0.05, 0) is 11.5 Å². The van der Waals surface area contributed by atoms with Crippen molar-refractivity contribution in [2.24, 2.45) is 5.92 Å². The zero-order chi connectivity index (χ0) is 7.56. The van der Waals surface area contributed by atoms with Gasteiger partial charge < -0.3 is 0 Å². The normalized spacial score (nSPS) is 17.9. The van der Waals surface area contributed by atoms with Crippen LogP contribution in [-0.2, 0) is 0 Å². The van der Waals surface area contributed by atoms with E-state index >= 15 is 0 Å². The van der Waals surface area contributed by atoms with E-state index in [-0.39, 0.29) is 0 Å². The molecule has 0 aromatic rings. The van der Waals surface area contributed by atoms with Crippen molar-refractivity contribution in [1.29, 1.82) is 0 Å². The second kappa shape index (κ2) is 2.82. The molecule has 0 bridgehead atoms. The van der Waals surface area contributed by atoms with Gasteiger partial charge in [0.1, 0.15) is 6.72 Å². The Kier molecular flexibility index (Phi) is 2.05. The summed E-state index contributed by atoms with van der Waals surface area (Å²) in [5.41, 5.74) is 1.46. The average molecular weight is 136 g/mol. The lowest BCUT2D eigenvalue weighted by molar-refractivity contribution is -0.440. The first-order valence-electron chi connectivity index (χ1n) is 3.64. The fraction of sp³-hybridized carbons (Fsp3) is 0.444. The molecule has 0 fully saturated rings. The largest absolute Gasteiger partial charge is 0.208 e. The maximum atomic E-state index is 3.84. The summed E-state index contributed by atoms with van der Waals surface area (Å²) < 4.78 is 1.95. The summed E-state index contributed by atoms with van der Waals surface area (Å²) in [5.74, 6) is 0.647. The Balaban J connectivity index is 2.70. The zero-order valence-corrected chi connectivity index (χ0v) is 6.67. The van der Waals surface area contributed by atoms with Crippen molar-refractivity contribution in [3.8, 4) is 0 Å². The summed E-state index contributed by atoms with van der Waals surface area (Å²) in [7, 11) is 0. The maximum Gasteiger partial charge on any atom is 0.169 e. The smallest absolute Gasteiger partial charge is 0.169 e. The van der Waals surface area contributed by atoms with Crippen LogP contribution in [0, 0.1) is 5.92 Å². The van der Waals surface area contributed by atoms with Gasteiger partial charge >= 0.3 is 0 Å². The second-order valence-corrected chi connectivity index (χ2v) is 2.98. The first-order chi connectivity index (χ1) is 4.70. The third-order valence-corrected chi connectivity index (χ3v) is 1.73. The molecular formula is C9H14N+. The van der Waals surface area contributed by atoms with E-state index in [2.05, 4.69) is 26.6 Å². The number of allylic oxidation sites excluding steroid dienone is 2. The average Bonchev–Trinajstić information content (AvgIpc) is 1.88. The van der Waals surface area contributed by atoms with Crippen LogP contribution in [0.25, 0.3) is 0 Å². The minimum absolute atomic E-state index is 0.647. The molecule has 10 heavy (non-hydrogen) atoms. The van der Waals surface area contributed by atoms with E-state index < -0.39 is 0 Å². The summed E-state index contributed by atoms with van der Waals surface area (Å²) in [6.45, 7) is 9.23. The van der Waals surface area contributed by atoms with Crippen molar-refractivity contribution in [1.82, 2.24) is 0 Å². The van der Waals surface area contributed by atoms with Crippen LogP contribution < -0.4 is 0 Å². The van der Waals surface area contributed by atoms with Gasteiger partial charge in [-0.2, -0.15) is 0 Å². The van der Waals surface area contributed by atoms with Crippen LogP contribution in [0.3, 0.4) is 0 Å². The Bertz CT molecular complexity index is 197. The van der Waals surface area contributed by atoms with Crippen molar-refractivity contribution in [3.05, 3.63) is 23.9 Å². The maximum absolute atomic E-state index is 3.84. The third-order valence-electron chi connectivity index (χ3n) is 1.73. The van der Waals surface area contributed by atoms with Crippen molar-refractivity contribution in [3.63, 3.8) is 0 Å². The summed E-state index contributed by atoms with van der Waals surface area (Å²) in [5, 5.41) is 0. The molecular weight excluding hydrogens is 122 g/mol. The zero-order valence-electron chi connectivity index (χ0n) is 6.67. The summed E-state index contributed by atoms with van der Waals surface area (Å²) in [6.07, 6.45) is 6.21. The number of hydrogen-bond acceptors (Lipinski definition) is 0. The van der Waals surface area contributed by atoms with Crippen LogP contribution >= 0.6 is 0 Å². The topological polar surface area (TPSA) is 3.01 Å². The van der Waals surface area contributed by atoms with E-state index in [1.165, 1.54) is 5.57 Å². The molecule has 0 aromatic heterocycles. The Labute approximate surface area is 62.4 Å². The van der Waals surface area contributed by atoms with Crippen molar-refractivity contribution >= 4 is 6.72 Å². The Morgan fingerprint density at radius 1 is 1.60 bits per heavy atom. The molecule has 0 amide bonds. The van der Waals surface area contributed by atoms with E-state index in [0.29, 0.717) is 5.92 Å². The fourth-order valence-corrected chi connectivity index (χ4v) is 1.00. The predicted octanol–water partition coefficient (Wildman–Crippen LogP) is 1.81. The van der Waals surface area contributed by atoms with Crippen LogP contribution in [-0.4, -0.2) is 17.8 Å². The Hall–Kier alpha value is -0.850. The highest BCUT2D eigenvalue weighted by Gasteiger charge is 2.10. The fourth-order valence-electron chi connectivity index (χ4n) is 1.00. The molecule has 0 aromatic carbocycles. The van der Waals surface area contributed by atoms with Crippen molar-refractivity contribution < 1.29 is 4.58 Å². The summed E-state index contributed by atoms with van der Waals surface area (Å²) >= 11 is 0. The molecule has 1 aliphatic rings. The molecule has 1 nitrogen and oxygen atoms in total. The molecule has 0 spiro atoms. The molecule has 1 heterocycles. The van der Waals surface area contributed by atoms with Crippen molar-refractivity contribution in [2.75, 3.05) is 6.54 Å². The van der Waals surface area contributed by atoms with E-state index in [1.54, 1.807) is 0 Å². The van der Waals surface area contributed by atoms with E-state index in [1.807, 2.05) is 16.9 Å². The van der Waals surface area contributed by atoms with E-state index in [4.69, 9.17) is 0 Å². The lowest BCUT2D eigenvalue weighted by atomic mass is 10.0. The molecule has 0 saturated carbocycles. The van der Waals surface area contributed by atoms with Crippen LogP contribution in [0.2, 0.25) is 0 Å². The summed E-state index contributed by atoms with van der Waals surface area (Å²) in [4.78, 5) is 0. The van der Waals surface area contributed by atoms with Gasteiger partial charge in [-0.3, -0.25) is 0 Å². The molecule has 0 aliphatic carbocycles. The second-order valence-electron chi connectivity index (χ2n) is 2.98. The molecule has 54 valence electrons. The first kappa shape index (κ1) is 7.26. The molecule has 1 rings (SSSR count). The Morgan fingerprint density at radius 3 is 2.70 bits per heavy atom. The van der Waals surface area contributed by atoms with Gasteiger partial charge in [-0.25, -0.2) is 4.58 Å². The van der Waals surface area contributed by atoms with Gasteiger partial charge in [0.25, 0.3) is 0 Å². The highest BCUT2D eigenvalue weighted by molar-refractivity contribution is 5.22. The standard InChI is InChI=1S/C9H14N/c1-8(2)9-5-4-6-10(3)7-9/h4-6,8H,3,7H2,1-2H3/q+1. The lowest BCUT2D eigenvalue weighted by Gasteiger charge is -2.09. The van der Waals surface area contributed by atoms with Crippen LogP contribution in [0.1, 0.15) is 13.8 Å². The molecule has 0 unspecified atom stereocenters. The van der Waals surface area contributed by atoms with Gasteiger partial charge in [-0.1, -0.05) is 19.9 Å². The first-order valence-corrected chi connectivity index (χ1v) is 3.64. The van der Waals surface area contributed by atoms with Crippen LogP contribution in [0.15, 0.2) is 23.9 Å².